The fourth-order valence-corrected chi connectivity index (χ4v) is 3.09. The van der Waals surface area contributed by atoms with Crippen LogP contribution >= 0.6 is 0 Å². The Hall–Kier alpha value is -0.420. The van der Waals surface area contributed by atoms with Crippen LogP contribution < -0.4 is 5.32 Å². The van der Waals surface area contributed by atoms with Crippen molar-refractivity contribution in [3.8, 4) is 0 Å². The summed E-state index contributed by atoms with van der Waals surface area (Å²) >= 11 is 0. The lowest BCUT2D eigenvalue weighted by molar-refractivity contribution is -0.136. The van der Waals surface area contributed by atoms with Gasteiger partial charge in [-0.05, 0) is 27.7 Å². The molecule has 0 amide bonds. The monoisotopic (exact) mass is 219 g/mol. The number of aliphatic carboxylic acids is 1. The van der Waals surface area contributed by atoms with Crippen molar-refractivity contribution in [1.82, 2.24) is 5.32 Å². The lowest BCUT2D eigenvalue weighted by Gasteiger charge is -2.22. The van der Waals surface area contributed by atoms with E-state index in [0.717, 1.165) is 0 Å². The highest BCUT2D eigenvalue weighted by molar-refractivity contribution is 7.87. The highest BCUT2D eigenvalue weighted by Gasteiger charge is 2.49. The van der Waals surface area contributed by atoms with E-state index in [4.69, 9.17) is 5.11 Å². The van der Waals surface area contributed by atoms with Crippen LogP contribution in [0.5, 0.6) is 0 Å². The number of rotatable bonds is 3. The maximum absolute atomic E-state index is 11.9. The molecule has 0 saturated carbocycles. The van der Waals surface area contributed by atoms with E-state index in [1.165, 1.54) is 0 Å². The summed E-state index contributed by atoms with van der Waals surface area (Å²) in [5.74, 6) is -0.854. The third-order valence-corrected chi connectivity index (χ3v) is 4.51. The molecule has 82 valence electrons. The molecule has 0 bridgehead atoms. The second kappa shape index (κ2) is 3.62. The van der Waals surface area contributed by atoms with Crippen LogP contribution in [0, 0.1) is 0 Å². The lowest BCUT2D eigenvalue weighted by atomic mass is 10.2. The third kappa shape index (κ3) is 2.33. The van der Waals surface area contributed by atoms with Crippen molar-refractivity contribution in [3.05, 3.63) is 0 Å². The highest BCUT2D eigenvalue weighted by Crippen LogP contribution is 2.25. The molecule has 2 N–H and O–H groups in total. The Balaban J connectivity index is 2.57. The molecule has 1 heterocycles. The van der Waals surface area contributed by atoms with Gasteiger partial charge in [0.1, 0.15) is 6.04 Å². The van der Waals surface area contributed by atoms with Crippen molar-refractivity contribution < 1.29 is 14.1 Å². The van der Waals surface area contributed by atoms with E-state index in [1.807, 2.05) is 27.7 Å². The molecule has 0 aliphatic carbocycles. The quantitative estimate of drug-likeness (QED) is 0.671. The predicted molar refractivity (Wildman–Crippen MR) is 55.7 cm³/mol. The third-order valence-electron chi connectivity index (χ3n) is 2.34. The minimum absolute atomic E-state index is 0.115. The van der Waals surface area contributed by atoms with Gasteiger partial charge in [0.05, 0.1) is 0 Å². The normalized spacial score (nSPS) is 30.9. The van der Waals surface area contributed by atoms with E-state index in [0.29, 0.717) is 0 Å². The minimum Gasteiger partial charge on any atom is -0.480 e. The maximum atomic E-state index is 11.9. The summed E-state index contributed by atoms with van der Waals surface area (Å²) in [4.78, 5) is 10.6. The van der Waals surface area contributed by atoms with Gasteiger partial charge in [0.2, 0.25) is 0 Å². The molecule has 2 unspecified atom stereocenters. The van der Waals surface area contributed by atoms with E-state index < -0.39 is 22.8 Å². The first-order chi connectivity index (χ1) is 6.25. The SMILES string of the molecule is CC([C@H]1N[C@@H]1C(=O)O)S(=O)C(C)(C)C. The Labute approximate surface area is 86.5 Å². The zero-order valence-electron chi connectivity index (χ0n) is 8.90. The van der Waals surface area contributed by atoms with E-state index in [-0.39, 0.29) is 16.0 Å². The molecule has 1 aliphatic rings. The summed E-state index contributed by atoms with van der Waals surface area (Å²) in [5.41, 5.74) is 0. The van der Waals surface area contributed by atoms with Gasteiger partial charge in [-0.2, -0.15) is 0 Å². The van der Waals surface area contributed by atoms with Gasteiger partial charge in [-0.3, -0.25) is 14.3 Å². The second-order valence-electron chi connectivity index (χ2n) is 4.62. The van der Waals surface area contributed by atoms with Crippen LogP contribution in [0.2, 0.25) is 0 Å². The van der Waals surface area contributed by atoms with Crippen LogP contribution in [0.4, 0.5) is 0 Å². The Morgan fingerprint density at radius 3 is 2.29 bits per heavy atom. The van der Waals surface area contributed by atoms with E-state index >= 15 is 0 Å². The smallest absolute Gasteiger partial charge is 0.322 e. The molecular weight excluding hydrogens is 202 g/mol. The Kier molecular flexibility index (Phi) is 3.02. The van der Waals surface area contributed by atoms with Gasteiger partial charge in [-0.1, -0.05) is 0 Å². The average Bonchev–Trinajstić information content (AvgIpc) is 2.78. The zero-order chi connectivity index (χ0) is 11.1. The Morgan fingerprint density at radius 2 is 2.00 bits per heavy atom. The van der Waals surface area contributed by atoms with Crippen LogP contribution in [0.3, 0.4) is 0 Å². The van der Waals surface area contributed by atoms with Gasteiger partial charge in [0, 0.05) is 26.8 Å². The largest absolute Gasteiger partial charge is 0.480 e. The summed E-state index contributed by atoms with van der Waals surface area (Å²) in [6, 6.07) is -0.635. The lowest BCUT2D eigenvalue weighted by Crippen LogP contribution is -2.34. The van der Waals surface area contributed by atoms with E-state index in [2.05, 4.69) is 5.32 Å². The van der Waals surface area contributed by atoms with Gasteiger partial charge in [-0.25, -0.2) is 0 Å². The minimum atomic E-state index is -1.01. The van der Waals surface area contributed by atoms with Gasteiger partial charge < -0.3 is 5.11 Å². The fourth-order valence-electron chi connectivity index (χ4n) is 1.47. The number of hydrogen-bond acceptors (Lipinski definition) is 3. The molecule has 4 atom stereocenters. The van der Waals surface area contributed by atoms with Crippen molar-refractivity contribution in [2.45, 2.75) is 49.8 Å². The fraction of sp³-hybridized carbons (Fsp3) is 0.889. The van der Waals surface area contributed by atoms with Crippen molar-refractivity contribution in [2.75, 3.05) is 0 Å². The molecule has 1 fully saturated rings. The van der Waals surface area contributed by atoms with Crippen LogP contribution in [0.25, 0.3) is 0 Å². The predicted octanol–water partition coefficient (Wildman–Crippen LogP) is 0.347. The van der Waals surface area contributed by atoms with Gasteiger partial charge >= 0.3 is 5.97 Å². The van der Waals surface area contributed by atoms with Crippen molar-refractivity contribution in [2.24, 2.45) is 0 Å². The molecule has 0 aromatic heterocycles. The van der Waals surface area contributed by atoms with Gasteiger partial charge in [0.15, 0.2) is 0 Å². The molecule has 0 spiro atoms. The molecule has 0 aromatic carbocycles. The molecule has 0 radical (unpaired) electrons. The first kappa shape index (κ1) is 11.7. The standard InChI is InChI=1S/C9H17NO3S/c1-5(14(13)9(2,3)4)6-7(10-6)8(11)12/h5-7,10H,1-4H3,(H,11,12)/t5?,6-,7+,14?/m1/s1. The molecular formula is C9H17NO3S. The van der Waals surface area contributed by atoms with Crippen LogP contribution in [0.1, 0.15) is 27.7 Å². The Bertz CT molecular complexity index is 272. The van der Waals surface area contributed by atoms with Crippen molar-refractivity contribution >= 4 is 16.8 Å². The number of nitrogens with one attached hydrogen (secondary N) is 1. The first-order valence-corrected chi connectivity index (χ1v) is 5.86. The molecule has 4 nitrogen and oxygen atoms in total. The highest BCUT2D eigenvalue weighted by atomic mass is 32.2. The molecule has 5 heteroatoms. The number of hydrogen-bond donors (Lipinski definition) is 2. The number of carboxylic acid groups (broad SMARTS) is 1. The summed E-state index contributed by atoms with van der Waals surface area (Å²) in [5, 5.41) is 11.4. The van der Waals surface area contributed by atoms with Crippen molar-refractivity contribution in [3.63, 3.8) is 0 Å². The Morgan fingerprint density at radius 1 is 1.50 bits per heavy atom. The molecule has 1 aliphatic heterocycles. The summed E-state index contributed by atoms with van der Waals surface area (Å²) < 4.78 is 11.6. The number of carbonyl (C=O) groups is 1. The summed E-state index contributed by atoms with van der Waals surface area (Å²) in [6.45, 7) is 7.54. The second-order valence-corrected chi connectivity index (χ2v) is 7.19. The first-order valence-electron chi connectivity index (χ1n) is 4.64. The molecule has 1 rings (SSSR count). The zero-order valence-corrected chi connectivity index (χ0v) is 9.72. The van der Waals surface area contributed by atoms with Gasteiger partial charge in [-0.15, -0.1) is 0 Å². The molecule has 14 heavy (non-hydrogen) atoms. The van der Waals surface area contributed by atoms with E-state index in [9.17, 15) is 9.00 Å². The van der Waals surface area contributed by atoms with E-state index in [1.54, 1.807) is 0 Å². The number of carboxylic acids is 1. The van der Waals surface area contributed by atoms with Crippen LogP contribution in [-0.4, -0.2) is 37.4 Å². The maximum Gasteiger partial charge on any atom is 0.322 e. The summed E-state index contributed by atoms with van der Waals surface area (Å²) in [7, 11) is -1.01. The van der Waals surface area contributed by atoms with Gasteiger partial charge in [0.25, 0.3) is 0 Å². The van der Waals surface area contributed by atoms with Crippen LogP contribution in [-0.2, 0) is 15.6 Å². The summed E-state index contributed by atoms with van der Waals surface area (Å²) in [6.07, 6.45) is 0. The average molecular weight is 219 g/mol. The van der Waals surface area contributed by atoms with Crippen molar-refractivity contribution in [1.29, 1.82) is 0 Å². The molecule has 1 saturated heterocycles. The molecule has 0 aromatic rings. The van der Waals surface area contributed by atoms with Crippen LogP contribution in [0.15, 0.2) is 0 Å². The topological polar surface area (TPSA) is 76.3 Å².